The van der Waals surface area contributed by atoms with Crippen molar-refractivity contribution >= 4 is 17.7 Å². The van der Waals surface area contributed by atoms with Crippen LogP contribution in [0.2, 0.25) is 0 Å². The summed E-state index contributed by atoms with van der Waals surface area (Å²) in [7, 11) is 0. The number of anilines is 1. The van der Waals surface area contributed by atoms with Crippen LogP contribution in [-0.2, 0) is 4.79 Å². The van der Waals surface area contributed by atoms with Gasteiger partial charge in [0.25, 0.3) is 0 Å². The Balaban J connectivity index is 2.68. The number of aromatic carboxylic acids is 1. The highest BCUT2D eigenvalue weighted by atomic mass is 19.4. The summed E-state index contributed by atoms with van der Waals surface area (Å²) in [6.45, 7) is 0. The van der Waals surface area contributed by atoms with Gasteiger partial charge in [0.1, 0.15) is 0 Å². The van der Waals surface area contributed by atoms with Gasteiger partial charge in [-0.05, 0) is 0 Å². The lowest BCUT2D eigenvalue weighted by atomic mass is 10.3. The van der Waals surface area contributed by atoms with Crippen LogP contribution in [0.15, 0.2) is 12.4 Å². The second-order valence-electron chi connectivity index (χ2n) is 3.22. The van der Waals surface area contributed by atoms with Crippen LogP contribution in [-0.4, -0.2) is 33.1 Å². The minimum atomic E-state index is -4.45. The summed E-state index contributed by atoms with van der Waals surface area (Å²) >= 11 is 0. The number of carboxylic acids is 1. The molecule has 0 radical (unpaired) electrons. The predicted octanol–water partition coefficient (Wildman–Crippen LogP) is 1.46. The quantitative estimate of drug-likeness (QED) is 0.857. The van der Waals surface area contributed by atoms with Crippen molar-refractivity contribution in [2.45, 2.75) is 19.0 Å². The lowest BCUT2D eigenvalue weighted by Crippen LogP contribution is -2.19. The van der Waals surface area contributed by atoms with Crippen LogP contribution in [0.1, 0.15) is 23.3 Å². The van der Waals surface area contributed by atoms with Crippen molar-refractivity contribution in [1.29, 1.82) is 0 Å². The molecule has 1 heterocycles. The Bertz CT molecular complexity index is 462. The van der Waals surface area contributed by atoms with Crippen molar-refractivity contribution in [2.24, 2.45) is 0 Å². The first-order valence-corrected chi connectivity index (χ1v) is 4.70. The van der Waals surface area contributed by atoms with E-state index in [1.165, 1.54) is 0 Å². The number of nitrogens with zero attached hydrogens (tertiary/aromatic N) is 2. The smallest absolute Gasteiger partial charge is 0.389 e. The molecule has 0 saturated carbocycles. The van der Waals surface area contributed by atoms with Gasteiger partial charge in [0.2, 0.25) is 5.91 Å². The number of carbonyl (C=O) groups is 2. The molecule has 0 fully saturated rings. The van der Waals surface area contributed by atoms with Crippen molar-refractivity contribution in [2.75, 3.05) is 5.32 Å². The van der Waals surface area contributed by atoms with E-state index in [9.17, 15) is 22.8 Å². The first-order valence-electron chi connectivity index (χ1n) is 4.70. The van der Waals surface area contributed by atoms with Crippen molar-refractivity contribution in [3.63, 3.8) is 0 Å². The molecule has 0 aliphatic carbocycles. The molecular weight excluding hydrogens is 255 g/mol. The first-order chi connectivity index (χ1) is 8.29. The van der Waals surface area contributed by atoms with E-state index in [1.54, 1.807) is 0 Å². The highest BCUT2D eigenvalue weighted by Gasteiger charge is 2.28. The standard InChI is InChI=1S/C9H8F3N3O3/c10-9(11,12)2-1-5(16)15-7-6(8(17)18)13-3-4-14-7/h3-4H,1-2H2,(H,17,18)(H,14,15,16). The Kier molecular flexibility index (Phi) is 4.18. The zero-order valence-electron chi connectivity index (χ0n) is 8.86. The fraction of sp³-hybridized carbons (Fsp3) is 0.333. The van der Waals surface area contributed by atoms with Gasteiger partial charge in [-0.2, -0.15) is 13.2 Å². The predicted molar refractivity (Wildman–Crippen MR) is 52.9 cm³/mol. The normalized spacial score (nSPS) is 11.1. The number of rotatable bonds is 4. The molecule has 1 aromatic rings. The van der Waals surface area contributed by atoms with E-state index in [0.29, 0.717) is 0 Å². The van der Waals surface area contributed by atoms with E-state index in [1.807, 2.05) is 5.32 Å². The zero-order chi connectivity index (χ0) is 13.8. The Morgan fingerprint density at radius 2 is 1.89 bits per heavy atom. The van der Waals surface area contributed by atoms with Gasteiger partial charge in [0.05, 0.1) is 6.42 Å². The topological polar surface area (TPSA) is 92.2 Å². The fourth-order valence-corrected chi connectivity index (χ4v) is 1.04. The molecule has 0 atom stereocenters. The molecule has 0 aliphatic rings. The molecular formula is C9H8F3N3O3. The molecule has 0 aliphatic heterocycles. The Hall–Kier alpha value is -2.19. The number of alkyl halides is 3. The zero-order valence-corrected chi connectivity index (χ0v) is 8.86. The Morgan fingerprint density at radius 3 is 2.44 bits per heavy atom. The summed E-state index contributed by atoms with van der Waals surface area (Å²) in [6.07, 6.45) is -4.34. The first kappa shape index (κ1) is 13.9. The fourth-order valence-electron chi connectivity index (χ4n) is 1.04. The van der Waals surface area contributed by atoms with Gasteiger partial charge in [-0.3, -0.25) is 4.79 Å². The minimum Gasteiger partial charge on any atom is -0.476 e. The van der Waals surface area contributed by atoms with E-state index in [0.717, 1.165) is 12.4 Å². The number of hydrogen-bond donors (Lipinski definition) is 2. The van der Waals surface area contributed by atoms with Gasteiger partial charge in [-0.25, -0.2) is 14.8 Å². The molecule has 6 nitrogen and oxygen atoms in total. The lowest BCUT2D eigenvalue weighted by Gasteiger charge is -2.07. The average molecular weight is 263 g/mol. The third-order valence-electron chi connectivity index (χ3n) is 1.79. The molecule has 0 aromatic carbocycles. The maximum atomic E-state index is 11.9. The number of nitrogens with one attached hydrogen (secondary N) is 1. The third kappa shape index (κ3) is 4.36. The molecule has 1 aromatic heterocycles. The van der Waals surface area contributed by atoms with E-state index < -0.39 is 36.6 Å². The second-order valence-corrected chi connectivity index (χ2v) is 3.22. The molecule has 0 saturated heterocycles. The van der Waals surface area contributed by atoms with Gasteiger partial charge in [0.15, 0.2) is 11.5 Å². The summed E-state index contributed by atoms with van der Waals surface area (Å²) in [4.78, 5) is 28.8. The Labute approximate surface area is 98.9 Å². The summed E-state index contributed by atoms with van der Waals surface area (Å²) in [5, 5.41) is 10.7. The van der Waals surface area contributed by atoms with Crippen molar-refractivity contribution < 1.29 is 27.9 Å². The van der Waals surface area contributed by atoms with Gasteiger partial charge in [-0.1, -0.05) is 0 Å². The number of amides is 1. The van der Waals surface area contributed by atoms with Crippen LogP contribution in [0.3, 0.4) is 0 Å². The summed E-state index contributed by atoms with van der Waals surface area (Å²) < 4.78 is 35.6. The van der Waals surface area contributed by atoms with E-state index in [2.05, 4.69) is 9.97 Å². The van der Waals surface area contributed by atoms with Crippen molar-refractivity contribution in [3.05, 3.63) is 18.1 Å². The molecule has 1 amide bonds. The van der Waals surface area contributed by atoms with Crippen molar-refractivity contribution in [3.8, 4) is 0 Å². The number of aromatic nitrogens is 2. The van der Waals surface area contributed by atoms with Crippen LogP contribution in [0, 0.1) is 0 Å². The minimum absolute atomic E-state index is 0.378. The van der Waals surface area contributed by atoms with Crippen LogP contribution >= 0.6 is 0 Å². The van der Waals surface area contributed by atoms with Crippen LogP contribution < -0.4 is 5.32 Å². The summed E-state index contributed by atoms with van der Waals surface area (Å²) in [6, 6.07) is 0. The number of halogens is 3. The van der Waals surface area contributed by atoms with E-state index >= 15 is 0 Å². The highest BCUT2D eigenvalue weighted by molar-refractivity contribution is 5.97. The van der Waals surface area contributed by atoms with E-state index in [4.69, 9.17) is 5.11 Å². The van der Waals surface area contributed by atoms with Crippen LogP contribution in [0.4, 0.5) is 19.0 Å². The van der Waals surface area contributed by atoms with Crippen LogP contribution in [0.5, 0.6) is 0 Å². The molecule has 2 N–H and O–H groups in total. The van der Waals surface area contributed by atoms with Gasteiger partial charge in [0, 0.05) is 18.8 Å². The van der Waals surface area contributed by atoms with Gasteiger partial charge in [-0.15, -0.1) is 0 Å². The molecule has 9 heteroatoms. The second kappa shape index (κ2) is 5.43. The molecule has 0 unspecified atom stereocenters. The molecule has 0 bridgehead atoms. The summed E-state index contributed by atoms with van der Waals surface area (Å²) in [5.74, 6) is -2.79. The lowest BCUT2D eigenvalue weighted by molar-refractivity contribution is -0.142. The SMILES string of the molecule is O=C(CCC(F)(F)F)Nc1nccnc1C(=O)O. The van der Waals surface area contributed by atoms with Crippen molar-refractivity contribution in [1.82, 2.24) is 9.97 Å². The van der Waals surface area contributed by atoms with E-state index in [-0.39, 0.29) is 5.82 Å². The monoisotopic (exact) mass is 263 g/mol. The maximum Gasteiger partial charge on any atom is 0.389 e. The largest absolute Gasteiger partial charge is 0.476 e. The Morgan fingerprint density at radius 1 is 1.28 bits per heavy atom. The molecule has 0 spiro atoms. The van der Waals surface area contributed by atoms with Gasteiger partial charge < -0.3 is 10.4 Å². The molecule has 1 rings (SSSR count). The highest BCUT2D eigenvalue weighted by Crippen LogP contribution is 2.21. The van der Waals surface area contributed by atoms with Gasteiger partial charge >= 0.3 is 12.1 Å². The van der Waals surface area contributed by atoms with Crippen LogP contribution in [0.25, 0.3) is 0 Å². The molecule has 98 valence electrons. The summed E-state index contributed by atoms with van der Waals surface area (Å²) in [5.41, 5.74) is -0.530. The molecule has 18 heavy (non-hydrogen) atoms. The number of carboxylic acid groups (broad SMARTS) is 1. The average Bonchev–Trinajstić information content (AvgIpc) is 2.26. The maximum absolute atomic E-state index is 11.9. The third-order valence-corrected chi connectivity index (χ3v) is 1.79. The number of carbonyl (C=O) groups excluding carboxylic acids is 1. The number of hydrogen-bond acceptors (Lipinski definition) is 4.